The molecule has 0 spiro atoms. The lowest BCUT2D eigenvalue weighted by molar-refractivity contribution is 0.605. The Labute approximate surface area is 105 Å². The molecule has 6 heteroatoms. The van der Waals surface area contributed by atoms with Crippen LogP contribution in [0, 0.1) is 0 Å². The highest BCUT2D eigenvalue weighted by Crippen LogP contribution is 2.15. The van der Waals surface area contributed by atoms with Crippen molar-refractivity contribution in [1.29, 1.82) is 0 Å². The maximum atomic E-state index is 5.80. The zero-order valence-corrected chi connectivity index (χ0v) is 11.0. The predicted molar refractivity (Wildman–Crippen MR) is 69.0 cm³/mol. The average molecular weight is 251 g/mol. The van der Waals surface area contributed by atoms with Crippen LogP contribution in [0.5, 0.6) is 0 Å². The molecule has 2 rings (SSSR count). The number of hydrogen-bond acceptors (Lipinski definition) is 5. The summed E-state index contributed by atoms with van der Waals surface area (Å²) >= 11 is 1.69. The Morgan fingerprint density at radius 2 is 2.24 bits per heavy atom. The molecule has 0 unspecified atom stereocenters. The minimum atomic E-state index is 0.540. The topological polar surface area (TPSA) is 69.6 Å². The van der Waals surface area contributed by atoms with Gasteiger partial charge in [-0.15, -0.1) is 16.4 Å². The highest BCUT2D eigenvalue weighted by Gasteiger charge is 2.10. The van der Waals surface area contributed by atoms with Gasteiger partial charge in [0.2, 0.25) is 0 Å². The van der Waals surface area contributed by atoms with Gasteiger partial charge < -0.3 is 5.73 Å². The van der Waals surface area contributed by atoms with Crippen LogP contribution in [0.25, 0.3) is 0 Å². The van der Waals surface area contributed by atoms with Gasteiger partial charge in [-0.3, -0.25) is 0 Å². The molecule has 0 aliphatic carbocycles. The molecule has 0 saturated heterocycles. The third-order valence-electron chi connectivity index (χ3n) is 2.57. The van der Waals surface area contributed by atoms with Crippen molar-refractivity contribution < 1.29 is 0 Å². The molecule has 0 atom stereocenters. The number of thiazole rings is 1. The van der Waals surface area contributed by atoms with E-state index in [1.807, 2.05) is 4.68 Å². The molecule has 0 aromatic carbocycles. The van der Waals surface area contributed by atoms with Gasteiger partial charge in [0.25, 0.3) is 0 Å². The van der Waals surface area contributed by atoms with Crippen molar-refractivity contribution in [1.82, 2.24) is 20.0 Å². The second-order valence-electron chi connectivity index (χ2n) is 3.92. The van der Waals surface area contributed by atoms with E-state index in [0.717, 1.165) is 35.7 Å². The second kappa shape index (κ2) is 5.27. The van der Waals surface area contributed by atoms with Gasteiger partial charge in [-0.05, 0) is 12.8 Å². The molecule has 0 bridgehead atoms. The maximum absolute atomic E-state index is 5.80. The van der Waals surface area contributed by atoms with Gasteiger partial charge in [-0.25, -0.2) is 9.67 Å². The number of hydrogen-bond donors (Lipinski definition) is 1. The number of aryl methyl sites for hydroxylation is 1. The highest BCUT2D eigenvalue weighted by atomic mass is 32.1. The molecule has 0 fully saturated rings. The molecule has 2 N–H and O–H groups in total. The minimum absolute atomic E-state index is 0.540. The molecular weight excluding hydrogens is 234 g/mol. The molecular formula is C11H17N5S. The summed E-state index contributed by atoms with van der Waals surface area (Å²) in [5.74, 6) is 0.540. The SMILES string of the molecule is CCCc1c(N)nnn1Cc1csc(CC)n1. The first-order valence-electron chi connectivity index (χ1n) is 5.85. The van der Waals surface area contributed by atoms with E-state index in [2.05, 4.69) is 34.5 Å². The highest BCUT2D eigenvalue weighted by molar-refractivity contribution is 7.09. The summed E-state index contributed by atoms with van der Waals surface area (Å²) in [7, 11) is 0. The molecule has 2 heterocycles. The molecule has 2 aromatic heterocycles. The number of aromatic nitrogens is 4. The third kappa shape index (κ3) is 2.63. The molecule has 0 radical (unpaired) electrons. The number of anilines is 1. The second-order valence-corrected chi connectivity index (χ2v) is 4.86. The molecule has 0 amide bonds. The Hall–Kier alpha value is -1.43. The Balaban J connectivity index is 2.17. The fraction of sp³-hybridized carbons (Fsp3) is 0.545. The summed E-state index contributed by atoms with van der Waals surface area (Å²) in [6, 6.07) is 0. The number of nitrogen functional groups attached to an aromatic ring is 1. The van der Waals surface area contributed by atoms with E-state index in [1.54, 1.807) is 11.3 Å². The summed E-state index contributed by atoms with van der Waals surface area (Å²) in [6.07, 6.45) is 2.92. The first-order valence-corrected chi connectivity index (χ1v) is 6.73. The van der Waals surface area contributed by atoms with Crippen LogP contribution in [-0.2, 0) is 19.4 Å². The summed E-state index contributed by atoms with van der Waals surface area (Å²) in [5.41, 5.74) is 7.85. The van der Waals surface area contributed by atoms with Crippen molar-refractivity contribution in [3.63, 3.8) is 0 Å². The minimum Gasteiger partial charge on any atom is -0.381 e. The van der Waals surface area contributed by atoms with Crippen LogP contribution in [0.1, 0.15) is 36.7 Å². The Morgan fingerprint density at radius 3 is 2.88 bits per heavy atom. The third-order valence-corrected chi connectivity index (χ3v) is 3.61. The number of rotatable bonds is 5. The Bertz CT molecular complexity index is 488. The van der Waals surface area contributed by atoms with Crippen LogP contribution in [0.2, 0.25) is 0 Å². The average Bonchev–Trinajstić information content (AvgIpc) is 2.91. The summed E-state index contributed by atoms with van der Waals surface area (Å²) in [5, 5.41) is 11.2. The lowest BCUT2D eigenvalue weighted by Crippen LogP contribution is -2.07. The fourth-order valence-corrected chi connectivity index (χ4v) is 2.44. The van der Waals surface area contributed by atoms with Gasteiger partial charge in [0.15, 0.2) is 5.82 Å². The molecule has 5 nitrogen and oxygen atoms in total. The predicted octanol–water partition coefficient (Wildman–Crippen LogP) is 1.88. The van der Waals surface area contributed by atoms with Gasteiger partial charge in [0.05, 0.1) is 22.9 Å². The van der Waals surface area contributed by atoms with E-state index in [0.29, 0.717) is 12.4 Å². The smallest absolute Gasteiger partial charge is 0.169 e. The van der Waals surface area contributed by atoms with Gasteiger partial charge in [0.1, 0.15) is 0 Å². The molecule has 0 aliphatic heterocycles. The van der Waals surface area contributed by atoms with Crippen molar-refractivity contribution in [2.75, 3.05) is 5.73 Å². The van der Waals surface area contributed by atoms with E-state index in [4.69, 9.17) is 5.73 Å². The monoisotopic (exact) mass is 251 g/mol. The van der Waals surface area contributed by atoms with Gasteiger partial charge in [0, 0.05) is 5.38 Å². The maximum Gasteiger partial charge on any atom is 0.169 e. The van der Waals surface area contributed by atoms with E-state index in [-0.39, 0.29) is 0 Å². The lowest BCUT2D eigenvalue weighted by atomic mass is 10.2. The van der Waals surface area contributed by atoms with E-state index < -0.39 is 0 Å². The van der Waals surface area contributed by atoms with Crippen LogP contribution in [-0.4, -0.2) is 20.0 Å². The normalized spacial score (nSPS) is 10.9. The Morgan fingerprint density at radius 1 is 1.41 bits per heavy atom. The lowest BCUT2D eigenvalue weighted by Gasteiger charge is -2.03. The Kier molecular flexibility index (Phi) is 3.73. The molecule has 2 aromatic rings. The van der Waals surface area contributed by atoms with Crippen molar-refractivity contribution in [3.8, 4) is 0 Å². The molecule has 17 heavy (non-hydrogen) atoms. The molecule has 92 valence electrons. The summed E-state index contributed by atoms with van der Waals surface area (Å²) < 4.78 is 1.85. The zero-order chi connectivity index (χ0) is 12.3. The summed E-state index contributed by atoms with van der Waals surface area (Å²) in [6.45, 7) is 4.89. The zero-order valence-electron chi connectivity index (χ0n) is 10.2. The van der Waals surface area contributed by atoms with Crippen molar-refractivity contribution in [2.45, 2.75) is 39.7 Å². The first-order chi connectivity index (χ1) is 8.24. The van der Waals surface area contributed by atoms with Crippen molar-refractivity contribution in [3.05, 3.63) is 21.8 Å². The number of nitrogens with two attached hydrogens (primary N) is 1. The van der Waals surface area contributed by atoms with Crippen LogP contribution in [0.4, 0.5) is 5.82 Å². The standard InChI is InChI=1S/C11H17N5S/c1-3-5-9-11(12)14-15-16(9)6-8-7-17-10(4-2)13-8/h7H,3-6,12H2,1-2H3. The van der Waals surface area contributed by atoms with E-state index >= 15 is 0 Å². The number of nitrogens with zero attached hydrogens (tertiary/aromatic N) is 4. The van der Waals surface area contributed by atoms with E-state index in [1.165, 1.54) is 0 Å². The van der Waals surface area contributed by atoms with Gasteiger partial charge in [-0.2, -0.15) is 0 Å². The van der Waals surface area contributed by atoms with Crippen LogP contribution < -0.4 is 5.73 Å². The molecule has 0 aliphatic rings. The van der Waals surface area contributed by atoms with Crippen LogP contribution in [0.3, 0.4) is 0 Å². The first kappa shape index (κ1) is 12.0. The van der Waals surface area contributed by atoms with Crippen molar-refractivity contribution >= 4 is 17.2 Å². The van der Waals surface area contributed by atoms with Gasteiger partial charge in [-0.1, -0.05) is 25.5 Å². The van der Waals surface area contributed by atoms with Gasteiger partial charge >= 0.3 is 0 Å². The fourth-order valence-electron chi connectivity index (χ4n) is 1.70. The molecule has 0 saturated carbocycles. The quantitative estimate of drug-likeness (QED) is 0.881. The van der Waals surface area contributed by atoms with Crippen LogP contribution >= 0.6 is 11.3 Å². The van der Waals surface area contributed by atoms with E-state index in [9.17, 15) is 0 Å². The van der Waals surface area contributed by atoms with Crippen LogP contribution in [0.15, 0.2) is 5.38 Å². The largest absolute Gasteiger partial charge is 0.381 e. The van der Waals surface area contributed by atoms with Crippen molar-refractivity contribution in [2.24, 2.45) is 0 Å². The summed E-state index contributed by atoms with van der Waals surface area (Å²) in [4.78, 5) is 4.52.